The summed E-state index contributed by atoms with van der Waals surface area (Å²) in [7, 11) is 0. The number of amides is 1. The standard InChI is InChI=1S/C18H11Cl2N5O2/c19-10-3-6-15(22-9-10)27-14-5-4-11(8-13(14)20)23-18(26)16-12-2-1-7-21-17(12)25-24-16/h1-9H,(H,23,26)(H,21,24,25). The number of aromatic amines is 1. The predicted octanol–water partition coefficient (Wildman–Crippen LogP) is 4.70. The second-order valence-electron chi connectivity index (χ2n) is 5.49. The van der Waals surface area contributed by atoms with E-state index in [0.29, 0.717) is 44.1 Å². The molecule has 3 aromatic heterocycles. The van der Waals surface area contributed by atoms with Crippen molar-refractivity contribution in [3.8, 4) is 11.6 Å². The van der Waals surface area contributed by atoms with Crippen molar-refractivity contribution in [3.63, 3.8) is 0 Å². The van der Waals surface area contributed by atoms with E-state index in [1.54, 1.807) is 48.7 Å². The van der Waals surface area contributed by atoms with Crippen molar-refractivity contribution in [2.75, 3.05) is 5.32 Å². The molecule has 0 spiro atoms. The zero-order valence-corrected chi connectivity index (χ0v) is 15.1. The molecule has 134 valence electrons. The first-order chi connectivity index (χ1) is 13.1. The monoisotopic (exact) mass is 399 g/mol. The first-order valence-electron chi connectivity index (χ1n) is 7.79. The number of rotatable bonds is 4. The molecule has 2 N–H and O–H groups in total. The molecule has 0 atom stereocenters. The predicted molar refractivity (Wildman–Crippen MR) is 103 cm³/mol. The molecule has 0 radical (unpaired) electrons. The molecule has 0 aliphatic carbocycles. The number of nitrogens with zero attached hydrogens (tertiary/aromatic N) is 3. The maximum Gasteiger partial charge on any atom is 0.274 e. The molecule has 0 saturated carbocycles. The van der Waals surface area contributed by atoms with Gasteiger partial charge in [0.15, 0.2) is 5.65 Å². The number of ether oxygens (including phenoxy) is 1. The number of halogens is 2. The normalized spacial score (nSPS) is 10.7. The molecule has 7 nitrogen and oxygen atoms in total. The van der Waals surface area contributed by atoms with Gasteiger partial charge in [0, 0.05) is 24.1 Å². The van der Waals surface area contributed by atoms with Crippen LogP contribution in [0.2, 0.25) is 10.0 Å². The smallest absolute Gasteiger partial charge is 0.274 e. The third kappa shape index (κ3) is 3.69. The second-order valence-corrected chi connectivity index (χ2v) is 6.33. The Morgan fingerprint density at radius 3 is 2.78 bits per heavy atom. The summed E-state index contributed by atoms with van der Waals surface area (Å²) in [6.45, 7) is 0. The van der Waals surface area contributed by atoms with Gasteiger partial charge in [0.1, 0.15) is 11.4 Å². The van der Waals surface area contributed by atoms with Gasteiger partial charge in [-0.1, -0.05) is 23.2 Å². The highest BCUT2D eigenvalue weighted by Crippen LogP contribution is 2.31. The lowest BCUT2D eigenvalue weighted by molar-refractivity contribution is 0.102. The quantitative estimate of drug-likeness (QED) is 0.518. The Morgan fingerprint density at radius 1 is 1.11 bits per heavy atom. The summed E-state index contributed by atoms with van der Waals surface area (Å²) in [5.41, 5.74) is 1.30. The largest absolute Gasteiger partial charge is 0.437 e. The van der Waals surface area contributed by atoms with Gasteiger partial charge in [-0.15, -0.1) is 0 Å². The summed E-state index contributed by atoms with van der Waals surface area (Å²) in [5, 5.41) is 10.9. The summed E-state index contributed by atoms with van der Waals surface area (Å²) in [5.74, 6) is 0.407. The zero-order valence-electron chi connectivity index (χ0n) is 13.6. The number of nitrogens with one attached hydrogen (secondary N) is 2. The second kappa shape index (κ2) is 7.22. The van der Waals surface area contributed by atoms with E-state index in [2.05, 4.69) is 25.5 Å². The molecule has 0 aliphatic rings. The highest BCUT2D eigenvalue weighted by molar-refractivity contribution is 6.32. The minimum atomic E-state index is -0.352. The molecule has 0 fully saturated rings. The Morgan fingerprint density at radius 2 is 2.00 bits per heavy atom. The van der Waals surface area contributed by atoms with Crippen molar-refractivity contribution in [2.24, 2.45) is 0 Å². The van der Waals surface area contributed by atoms with Crippen molar-refractivity contribution in [2.45, 2.75) is 0 Å². The van der Waals surface area contributed by atoms with Crippen LogP contribution in [-0.4, -0.2) is 26.1 Å². The van der Waals surface area contributed by atoms with Gasteiger partial charge in [0.2, 0.25) is 5.88 Å². The van der Waals surface area contributed by atoms with Gasteiger partial charge in [-0.3, -0.25) is 9.89 Å². The lowest BCUT2D eigenvalue weighted by Crippen LogP contribution is -2.12. The minimum absolute atomic E-state index is 0.319. The van der Waals surface area contributed by atoms with E-state index in [-0.39, 0.29) is 5.91 Å². The Balaban J connectivity index is 1.52. The third-order valence-corrected chi connectivity index (χ3v) is 4.18. The SMILES string of the molecule is O=C(Nc1ccc(Oc2ccc(Cl)cn2)c(Cl)c1)c1[nH]nc2ncccc12. The van der Waals surface area contributed by atoms with Gasteiger partial charge in [-0.2, -0.15) is 5.10 Å². The van der Waals surface area contributed by atoms with Gasteiger partial charge in [0.25, 0.3) is 5.91 Å². The van der Waals surface area contributed by atoms with E-state index < -0.39 is 0 Å². The highest BCUT2D eigenvalue weighted by atomic mass is 35.5. The maximum absolute atomic E-state index is 12.5. The minimum Gasteiger partial charge on any atom is -0.437 e. The van der Waals surface area contributed by atoms with Crippen LogP contribution in [0.5, 0.6) is 11.6 Å². The van der Waals surface area contributed by atoms with Gasteiger partial charge in [-0.05, 0) is 36.4 Å². The average Bonchev–Trinajstić information content (AvgIpc) is 3.10. The van der Waals surface area contributed by atoms with Crippen LogP contribution in [-0.2, 0) is 0 Å². The Hall–Kier alpha value is -3.16. The fourth-order valence-corrected chi connectivity index (χ4v) is 2.74. The average molecular weight is 400 g/mol. The van der Waals surface area contributed by atoms with Crippen molar-refractivity contribution in [1.29, 1.82) is 0 Å². The van der Waals surface area contributed by atoms with E-state index in [0.717, 1.165) is 0 Å². The van der Waals surface area contributed by atoms with Crippen LogP contribution in [0.4, 0.5) is 5.69 Å². The number of hydrogen-bond donors (Lipinski definition) is 2. The van der Waals surface area contributed by atoms with Crippen LogP contribution in [0.25, 0.3) is 11.0 Å². The molecule has 3 heterocycles. The first-order valence-corrected chi connectivity index (χ1v) is 8.55. The topological polar surface area (TPSA) is 92.8 Å². The number of carbonyl (C=O) groups is 1. The number of aromatic nitrogens is 4. The van der Waals surface area contributed by atoms with Crippen LogP contribution in [0.1, 0.15) is 10.5 Å². The highest BCUT2D eigenvalue weighted by Gasteiger charge is 2.15. The van der Waals surface area contributed by atoms with E-state index in [1.807, 2.05) is 0 Å². The van der Waals surface area contributed by atoms with Crippen molar-refractivity contribution in [3.05, 3.63) is 70.6 Å². The Bertz CT molecular complexity index is 1130. The van der Waals surface area contributed by atoms with Gasteiger partial charge in [-0.25, -0.2) is 9.97 Å². The van der Waals surface area contributed by atoms with Gasteiger partial charge < -0.3 is 10.1 Å². The third-order valence-electron chi connectivity index (χ3n) is 3.66. The van der Waals surface area contributed by atoms with Gasteiger partial charge >= 0.3 is 0 Å². The molecule has 27 heavy (non-hydrogen) atoms. The molecule has 0 bridgehead atoms. The van der Waals surface area contributed by atoms with Crippen molar-refractivity contribution < 1.29 is 9.53 Å². The maximum atomic E-state index is 12.5. The molecule has 9 heteroatoms. The Kier molecular flexibility index (Phi) is 4.62. The van der Waals surface area contributed by atoms with Gasteiger partial charge in [0.05, 0.1) is 15.4 Å². The molecule has 1 aromatic carbocycles. The van der Waals surface area contributed by atoms with Crippen LogP contribution in [0.15, 0.2) is 54.9 Å². The zero-order chi connectivity index (χ0) is 18.8. The number of fused-ring (bicyclic) bond motifs is 1. The number of pyridine rings is 2. The van der Waals surface area contributed by atoms with Crippen molar-refractivity contribution >= 4 is 45.8 Å². The van der Waals surface area contributed by atoms with Crippen LogP contribution in [0.3, 0.4) is 0 Å². The molecular formula is C18H11Cl2N5O2. The molecule has 4 rings (SSSR count). The van der Waals surface area contributed by atoms with E-state index in [4.69, 9.17) is 27.9 Å². The molecule has 1 amide bonds. The fourth-order valence-electron chi connectivity index (χ4n) is 2.41. The van der Waals surface area contributed by atoms with Crippen LogP contribution >= 0.6 is 23.2 Å². The molecule has 0 unspecified atom stereocenters. The first kappa shape index (κ1) is 17.3. The fraction of sp³-hybridized carbons (Fsp3) is 0. The number of benzene rings is 1. The lowest BCUT2D eigenvalue weighted by Gasteiger charge is -2.09. The van der Waals surface area contributed by atoms with E-state index >= 15 is 0 Å². The summed E-state index contributed by atoms with van der Waals surface area (Å²) >= 11 is 12.1. The van der Waals surface area contributed by atoms with Crippen LogP contribution in [0, 0.1) is 0 Å². The summed E-state index contributed by atoms with van der Waals surface area (Å²) in [6.07, 6.45) is 3.09. The number of anilines is 1. The number of H-pyrrole nitrogens is 1. The Labute approximate surface area is 163 Å². The summed E-state index contributed by atoms with van der Waals surface area (Å²) in [6, 6.07) is 11.7. The molecule has 4 aromatic rings. The van der Waals surface area contributed by atoms with E-state index in [9.17, 15) is 4.79 Å². The van der Waals surface area contributed by atoms with Crippen LogP contribution < -0.4 is 10.1 Å². The van der Waals surface area contributed by atoms with Crippen molar-refractivity contribution in [1.82, 2.24) is 20.2 Å². The molecular weight excluding hydrogens is 389 g/mol. The lowest BCUT2D eigenvalue weighted by atomic mass is 10.2. The molecule has 0 saturated heterocycles. The van der Waals surface area contributed by atoms with E-state index in [1.165, 1.54) is 6.20 Å². The molecule has 0 aliphatic heterocycles. The summed E-state index contributed by atoms with van der Waals surface area (Å²) in [4.78, 5) is 20.6. The number of carbonyl (C=O) groups excluding carboxylic acids is 1. The number of hydrogen-bond acceptors (Lipinski definition) is 5. The summed E-state index contributed by atoms with van der Waals surface area (Å²) < 4.78 is 5.62.